The van der Waals surface area contributed by atoms with Crippen LogP contribution >= 0.6 is 0 Å². The summed E-state index contributed by atoms with van der Waals surface area (Å²) in [6.45, 7) is 2.17. The number of fused-ring (bicyclic) bond motifs is 1. The number of aryl methyl sites for hydroxylation is 1. The van der Waals surface area contributed by atoms with E-state index in [0.29, 0.717) is 56.9 Å². The molecule has 0 unspecified atom stereocenters. The van der Waals surface area contributed by atoms with Crippen molar-refractivity contribution in [1.29, 1.82) is 0 Å². The zero-order valence-electron chi connectivity index (χ0n) is 17.5. The molecule has 1 aromatic heterocycles. The number of hydrogen-bond acceptors (Lipinski definition) is 6. The lowest BCUT2D eigenvalue weighted by molar-refractivity contribution is -0.121. The SMILES string of the molecule is O=C(CCCn1c(=O)oc2ccccc21)NCc1ccc(S(=O)(=O)N2CCOCC2)cc1. The third-order valence-corrected chi connectivity index (χ3v) is 7.29. The van der Waals surface area contributed by atoms with Crippen LogP contribution in [0.5, 0.6) is 0 Å². The third kappa shape index (κ3) is 4.93. The maximum Gasteiger partial charge on any atom is 0.419 e. The Hall–Kier alpha value is -2.95. The van der Waals surface area contributed by atoms with Crippen LogP contribution in [0.2, 0.25) is 0 Å². The van der Waals surface area contributed by atoms with Crippen LogP contribution in [0.25, 0.3) is 11.1 Å². The Morgan fingerprint density at radius 1 is 1.03 bits per heavy atom. The van der Waals surface area contributed by atoms with E-state index in [0.717, 1.165) is 5.56 Å². The van der Waals surface area contributed by atoms with Crippen molar-refractivity contribution in [3.63, 3.8) is 0 Å². The number of ether oxygens (including phenoxy) is 1. The monoisotopic (exact) mass is 459 g/mol. The van der Waals surface area contributed by atoms with Crippen LogP contribution in [0.4, 0.5) is 0 Å². The van der Waals surface area contributed by atoms with Crippen molar-refractivity contribution in [3.05, 3.63) is 64.6 Å². The van der Waals surface area contributed by atoms with Crippen molar-refractivity contribution >= 4 is 27.0 Å². The van der Waals surface area contributed by atoms with Crippen LogP contribution in [0.1, 0.15) is 18.4 Å². The molecule has 0 radical (unpaired) electrons. The molecule has 10 heteroatoms. The van der Waals surface area contributed by atoms with Gasteiger partial charge in [0.15, 0.2) is 5.58 Å². The molecule has 1 saturated heterocycles. The number of carbonyl (C=O) groups is 1. The molecular formula is C22H25N3O6S. The van der Waals surface area contributed by atoms with Gasteiger partial charge in [-0.15, -0.1) is 0 Å². The number of amides is 1. The van der Waals surface area contributed by atoms with E-state index >= 15 is 0 Å². The molecule has 0 bridgehead atoms. The van der Waals surface area contributed by atoms with Crippen molar-refractivity contribution in [3.8, 4) is 0 Å². The Morgan fingerprint density at radius 2 is 1.75 bits per heavy atom. The second-order valence-electron chi connectivity index (χ2n) is 7.53. The van der Waals surface area contributed by atoms with Crippen molar-refractivity contribution in [2.24, 2.45) is 0 Å². The molecule has 1 aliphatic heterocycles. The maximum atomic E-state index is 12.7. The predicted octanol–water partition coefficient (Wildman–Crippen LogP) is 1.71. The Labute approximate surface area is 185 Å². The van der Waals surface area contributed by atoms with E-state index in [4.69, 9.17) is 9.15 Å². The van der Waals surface area contributed by atoms with E-state index in [2.05, 4.69) is 5.32 Å². The van der Waals surface area contributed by atoms with Crippen molar-refractivity contribution in [2.45, 2.75) is 30.8 Å². The number of oxazole rings is 1. The summed E-state index contributed by atoms with van der Waals surface area (Å²) in [6.07, 6.45) is 0.751. The number of rotatable bonds is 8. The van der Waals surface area contributed by atoms with Crippen LogP contribution in [0.3, 0.4) is 0 Å². The normalized spacial score (nSPS) is 15.1. The second kappa shape index (κ2) is 9.68. The van der Waals surface area contributed by atoms with Gasteiger partial charge in [-0.05, 0) is 36.2 Å². The van der Waals surface area contributed by atoms with Crippen LogP contribution in [-0.4, -0.2) is 49.5 Å². The second-order valence-corrected chi connectivity index (χ2v) is 9.47. The minimum absolute atomic E-state index is 0.143. The number of hydrogen-bond donors (Lipinski definition) is 1. The number of nitrogens with zero attached hydrogens (tertiary/aromatic N) is 2. The molecule has 1 fully saturated rings. The van der Waals surface area contributed by atoms with Gasteiger partial charge in [-0.3, -0.25) is 9.36 Å². The standard InChI is InChI=1S/C22H25N3O6S/c26-21(6-3-11-25-19-4-1-2-5-20(19)31-22(25)27)23-16-17-7-9-18(10-8-17)32(28,29)24-12-14-30-15-13-24/h1-2,4-5,7-10H,3,6,11-16H2,(H,23,26). The van der Waals surface area contributed by atoms with Crippen LogP contribution < -0.4 is 11.1 Å². The lowest BCUT2D eigenvalue weighted by atomic mass is 10.2. The number of sulfonamides is 1. The van der Waals surface area contributed by atoms with Gasteiger partial charge in [0, 0.05) is 32.6 Å². The van der Waals surface area contributed by atoms with Crippen molar-refractivity contribution in [2.75, 3.05) is 26.3 Å². The molecule has 1 aliphatic rings. The maximum absolute atomic E-state index is 12.7. The minimum Gasteiger partial charge on any atom is -0.408 e. The largest absolute Gasteiger partial charge is 0.419 e. The van der Waals surface area contributed by atoms with E-state index in [1.54, 1.807) is 36.4 Å². The third-order valence-electron chi connectivity index (χ3n) is 5.38. The number of aromatic nitrogens is 1. The zero-order chi connectivity index (χ0) is 22.6. The molecular weight excluding hydrogens is 434 g/mol. The lowest BCUT2D eigenvalue weighted by Crippen LogP contribution is -2.40. The van der Waals surface area contributed by atoms with Gasteiger partial charge in [0.2, 0.25) is 15.9 Å². The van der Waals surface area contributed by atoms with E-state index < -0.39 is 15.8 Å². The Balaban J connectivity index is 1.27. The zero-order valence-corrected chi connectivity index (χ0v) is 18.3. The molecule has 0 spiro atoms. The summed E-state index contributed by atoms with van der Waals surface area (Å²) in [4.78, 5) is 24.4. The quantitative estimate of drug-likeness (QED) is 0.549. The Bertz CT molecular complexity index is 1240. The predicted molar refractivity (Wildman–Crippen MR) is 118 cm³/mol. The average Bonchev–Trinajstić information content (AvgIpc) is 3.13. The summed E-state index contributed by atoms with van der Waals surface area (Å²) in [6, 6.07) is 13.7. The summed E-state index contributed by atoms with van der Waals surface area (Å²) in [7, 11) is -3.53. The molecule has 4 rings (SSSR count). The number of morpholine rings is 1. The topological polar surface area (TPSA) is 111 Å². The summed E-state index contributed by atoms with van der Waals surface area (Å²) < 4.78 is 38.7. The highest BCUT2D eigenvalue weighted by Gasteiger charge is 2.26. The van der Waals surface area contributed by atoms with Gasteiger partial charge < -0.3 is 14.5 Å². The average molecular weight is 460 g/mol. The molecule has 0 aliphatic carbocycles. The van der Waals surface area contributed by atoms with Gasteiger partial charge in [0.25, 0.3) is 0 Å². The number of benzene rings is 2. The molecule has 9 nitrogen and oxygen atoms in total. The number of nitrogens with one attached hydrogen (secondary N) is 1. The molecule has 0 saturated carbocycles. The molecule has 0 atom stereocenters. The minimum atomic E-state index is -3.53. The van der Waals surface area contributed by atoms with Crippen molar-refractivity contribution < 1.29 is 22.4 Å². The van der Waals surface area contributed by atoms with E-state index in [-0.39, 0.29) is 17.2 Å². The highest BCUT2D eigenvalue weighted by molar-refractivity contribution is 7.89. The summed E-state index contributed by atoms with van der Waals surface area (Å²) in [5.41, 5.74) is 2.04. The summed E-state index contributed by atoms with van der Waals surface area (Å²) in [5.74, 6) is -0.574. The highest BCUT2D eigenvalue weighted by Crippen LogP contribution is 2.18. The van der Waals surface area contributed by atoms with Gasteiger partial charge in [0.1, 0.15) is 0 Å². The van der Waals surface area contributed by atoms with Crippen LogP contribution in [0, 0.1) is 0 Å². The molecule has 1 N–H and O–H groups in total. The summed E-state index contributed by atoms with van der Waals surface area (Å²) >= 11 is 0. The lowest BCUT2D eigenvalue weighted by Gasteiger charge is -2.26. The van der Waals surface area contributed by atoms with Gasteiger partial charge in [-0.2, -0.15) is 4.31 Å². The molecule has 3 aromatic rings. The van der Waals surface area contributed by atoms with Crippen LogP contribution in [0.15, 0.2) is 62.6 Å². The first-order valence-electron chi connectivity index (χ1n) is 10.5. The van der Waals surface area contributed by atoms with Crippen molar-refractivity contribution in [1.82, 2.24) is 14.2 Å². The van der Waals surface area contributed by atoms with Gasteiger partial charge >= 0.3 is 5.76 Å². The molecule has 170 valence electrons. The first kappa shape index (κ1) is 22.3. The fourth-order valence-electron chi connectivity index (χ4n) is 3.63. The van der Waals surface area contributed by atoms with Gasteiger partial charge in [-0.1, -0.05) is 24.3 Å². The molecule has 32 heavy (non-hydrogen) atoms. The fourth-order valence-corrected chi connectivity index (χ4v) is 5.04. The van der Waals surface area contributed by atoms with E-state index in [1.165, 1.54) is 8.87 Å². The smallest absolute Gasteiger partial charge is 0.408 e. The van der Waals surface area contributed by atoms with Gasteiger partial charge in [-0.25, -0.2) is 13.2 Å². The molecule has 1 amide bonds. The summed E-state index contributed by atoms with van der Waals surface area (Å²) in [5, 5.41) is 2.83. The molecule has 2 heterocycles. The number of para-hydroxylation sites is 2. The van der Waals surface area contributed by atoms with Gasteiger partial charge in [0.05, 0.1) is 23.6 Å². The van der Waals surface area contributed by atoms with E-state index in [1.807, 2.05) is 12.1 Å². The fraction of sp³-hybridized carbons (Fsp3) is 0.364. The van der Waals surface area contributed by atoms with Crippen LogP contribution in [-0.2, 0) is 32.6 Å². The first-order valence-corrected chi connectivity index (χ1v) is 11.9. The Morgan fingerprint density at radius 3 is 2.50 bits per heavy atom. The Kier molecular flexibility index (Phi) is 6.73. The van der Waals surface area contributed by atoms with E-state index in [9.17, 15) is 18.0 Å². The first-order chi connectivity index (χ1) is 15.4. The number of carbonyl (C=O) groups excluding carboxylic acids is 1. The molecule has 2 aromatic carbocycles. The highest BCUT2D eigenvalue weighted by atomic mass is 32.2.